The molecule has 1 aromatic rings. The van der Waals surface area contributed by atoms with E-state index in [1.54, 1.807) is 6.92 Å². The molecule has 0 aliphatic carbocycles. The summed E-state index contributed by atoms with van der Waals surface area (Å²) in [7, 11) is 0. The fourth-order valence-corrected chi connectivity index (χ4v) is 2.93. The lowest BCUT2D eigenvalue weighted by Crippen LogP contribution is -2.55. The molecular weight excluding hydrogens is 274 g/mol. The molecule has 1 aromatic carbocycles. The Hall–Kier alpha value is -1.33. The molecule has 2 atom stereocenters. The molecular formula is C16H22F2N2O. The van der Waals surface area contributed by atoms with Crippen molar-refractivity contribution in [3.05, 3.63) is 35.4 Å². The normalized spacial score (nSPS) is 22.2. The maximum absolute atomic E-state index is 13.7. The van der Waals surface area contributed by atoms with Gasteiger partial charge in [-0.1, -0.05) is 6.92 Å². The number of hydrogen-bond acceptors (Lipinski definition) is 3. The number of rotatable bonds is 4. The summed E-state index contributed by atoms with van der Waals surface area (Å²) >= 11 is 0. The van der Waals surface area contributed by atoms with Gasteiger partial charge in [-0.15, -0.1) is 0 Å². The largest absolute Gasteiger partial charge is 0.298 e. The third-order valence-corrected chi connectivity index (χ3v) is 4.33. The van der Waals surface area contributed by atoms with Crippen molar-refractivity contribution >= 4 is 5.78 Å². The van der Waals surface area contributed by atoms with Crippen LogP contribution in [0.1, 0.15) is 31.1 Å². The van der Waals surface area contributed by atoms with Crippen LogP contribution in [-0.4, -0.2) is 53.8 Å². The van der Waals surface area contributed by atoms with Crippen molar-refractivity contribution in [2.75, 3.05) is 26.2 Å². The van der Waals surface area contributed by atoms with Gasteiger partial charge in [0.2, 0.25) is 0 Å². The summed E-state index contributed by atoms with van der Waals surface area (Å²) in [5.74, 6) is -1.74. The van der Waals surface area contributed by atoms with E-state index in [-0.39, 0.29) is 11.3 Å². The summed E-state index contributed by atoms with van der Waals surface area (Å²) in [6.07, 6.45) is 0. The van der Waals surface area contributed by atoms with Crippen molar-refractivity contribution in [3.8, 4) is 0 Å². The molecule has 5 heteroatoms. The smallest absolute Gasteiger partial charge is 0.182 e. The predicted molar refractivity (Wildman–Crippen MR) is 78.4 cm³/mol. The Morgan fingerprint density at radius 2 is 2.10 bits per heavy atom. The first-order valence-corrected chi connectivity index (χ1v) is 7.41. The minimum Gasteiger partial charge on any atom is -0.298 e. The molecule has 1 saturated heterocycles. The summed E-state index contributed by atoms with van der Waals surface area (Å²) in [4.78, 5) is 16.8. The Morgan fingerprint density at radius 3 is 2.67 bits per heavy atom. The molecule has 0 N–H and O–H groups in total. The van der Waals surface area contributed by atoms with Gasteiger partial charge in [0, 0.05) is 31.7 Å². The lowest BCUT2D eigenvalue weighted by Gasteiger charge is -2.41. The highest BCUT2D eigenvalue weighted by Crippen LogP contribution is 2.17. The molecule has 0 saturated carbocycles. The van der Waals surface area contributed by atoms with Gasteiger partial charge in [-0.25, -0.2) is 8.78 Å². The number of carbonyl (C=O) groups excluding carboxylic acids is 1. The molecule has 1 fully saturated rings. The van der Waals surface area contributed by atoms with Crippen LogP contribution >= 0.6 is 0 Å². The predicted octanol–water partition coefficient (Wildman–Crippen LogP) is 2.56. The lowest BCUT2D eigenvalue weighted by atomic mass is 10.0. The number of nitrogens with zero attached hydrogens (tertiary/aromatic N) is 2. The first-order valence-electron chi connectivity index (χ1n) is 7.41. The SMILES string of the molecule is CCN1CCN(C(C)C(=O)c2ccc(F)cc2F)CC1C. The molecule has 2 unspecified atom stereocenters. The van der Waals surface area contributed by atoms with Gasteiger partial charge < -0.3 is 0 Å². The second-order valence-corrected chi connectivity index (χ2v) is 5.64. The van der Waals surface area contributed by atoms with Crippen molar-refractivity contribution < 1.29 is 13.6 Å². The van der Waals surface area contributed by atoms with E-state index < -0.39 is 17.7 Å². The number of hydrogen-bond donors (Lipinski definition) is 0. The number of ketones is 1. The Bertz CT molecular complexity index is 521. The van der Waals surface area contributed by atoms with Crippen LogP contribution in [0.3, 0.4) is 0 Å². The van der Waals surface area contributed by atoms with Crippen LogP contribution < -0.4 is 0 Å². The Labute approximate surface area is 124 Å². The van der Waals surface area contributed by atoms with Crippen molar-refractivity contribution in [2.24, 2.45) is 0 Å². The number of piperazine rings is 1. The number of benzene rings is 1. The van der Waals surface area contributed by atoms with Gasteiger partial charge in [-0.05, 0) is 32.5 Å². The van der Waals surface area contributed by atoms with E-state index in [9.17, 15) is 13.6 Å². The second kappa shape index (κ2) is 6.62. The van der Waals surface area contributed by atoms with Crippen LogP contribution in [0.5, 0.6) is 0 Å². The van der Waals surface area contributed by atoms with Crippen LogP contribution in [0.25, 0.3) is 0 Å². The zero-order valence-corrected chi connectivity index (χ0v) is 12.8. The quantitative estimate of drug-likeness (QED) is 0.798. The zero-order chi connectivity index (χ0) is 15.6. The molecule has 1 aliphatic heterocycles. The summed E-state index contributed by atoms with van der Waals surface area (Å²) in [6.45, 7) is 9.50. The molecule has 0 radical (unpaired) electrons. The molecule has 0 amide bonds. The zero-order valence-electron chi connectivity index (χ0n) is 12.8. The van der Waals surface area contributed by atoms with Crippen LogP contribution in [0.15, 0.2) is 18.2 Å². The minimum absolute atomic E-state index is 0.0329. The Balaban J connectivity index is 2.09. The summed E-state index contributed by atoms with van der Waals surface area (Å²) in [5, 5.41) is 0. The third-order valence-electron chi connectivity index (χ3n) is 4.33. The van der Waals surface area contributed by atoms with E-state index in [0.29, 0.717) is 6.04 Å². The van der Waals surface area contributed by atoms with Crippen molar-refractivity contribution in [3.63, 3.8) is 0 Å². The number of likely N-dealkylation sites (N-methyl/N-ethyl adjacent to an activating group) is 1. The van der Waals surface area contributed by atoms with Crippen LogP contribution in [0.2, 0.25) is 0 Å². The number of carbonyl (C=O) groups is 1. The summed E-state index contributed by atoms with van der Waals surface area (Å²) < 4.78 is 26.7. The molecule has 2 rings (SSSR count). The minimum atomic E-state index is -0.785. The Morgan fingerprint density at radius 1 is 1.38 bits per heavy atom. The van der Waals surface area contributed by atoms with Gasteiger partial charge >= 0.3 is 0 Å². The highest BCUT2D eigenvalue weighted by Gasteiger charge is 2.30. The maximum Gasteiger partial charge on any atom is 0.182 e. The van der Waals surface area contributed by atoms with Crippen molar-refractivity contribution in [2.45, 2.75) is 32.9 Å². The van der Waals surface area contributed by atoms with Gasteiger partial charge in [0.25, 0.3) is 0 Å². The van der Waals surface area contributed by atoms with E-state index in [0.717, 1.165) is 38.3 Å². The van der Waals surface area contributed by atoms with Crippen LogP contribution in [-0.2, 0) is 0 Å². The number of halogens is 2. The van der Waals surface area contributed by atoms with Gasteiger partial charge in [0.15, 0.2) is 5.78 Å². The molecule has 3 nitrogen and oxygen atoms in total. The molecule has 21 heavy (non-hydrogen) atoms. The van der Waals surface area contributed by atoms with Crippen LogP contribution in [0, 0.1) is 11.6 Å². The molecule has 1 heterocycles. The molecule has 116 valence electrons. The Kier molecular flexibility index (Phi) is 5.06. The summed E-state index contributed by atoms with van der Waals surface area (Å²) in [5.41, 5.74) is -0.0329. The van der Waals surface area contributed by atoms with Gasteiger partial charge in [0.05, 0.1) is 11.6 Å². The van der Waals surface area contributed by atoms with Gasteiger partial charge in [0.1, 0.15) is 11.6 Å². The van der Waals surface area contributed by atoms with Crippen molar-refractivity contribution in [1.82, 2.24) is 9.80 Å². The van der Waals surface area contributed by atoms with Gasteiger partial charge in [-0.3, -0.25) is 14.6 Å². The standard InChI is InChI=1S/C16H22F2N2O/c1-4-19-7-8-20(10-11(19)2)12(3)16(21)14-6-5-13(17)9-15(14)18/h5-6,9,11-12H,4,7-8,10H2,1-3H3. The van der Waals surface area contributed by atoms with E-state index in [4.69, 9.17) is 0 Å². The maximum atomic E-state index is 13.7. The monoisotopic (exact) mass is 296 g/mol. The highest BCUT2D eigenvalue weighted by molar-refractivity contribution is 6.00. The molecule has 0 bridgehead atoms. The highest BCUT2D eigenvalue weighted by atomic mass is 19.1. The van der Waals surface area contributed by atoms with E-state index in [1.807, 2.05) is 0 Å². The van der Waals surface area contributed by atoms with Gasteiger partial charge in [-0.2, -0.15) is 0 Å². The number of Topliss-reactive ketones (excluding diaryl/α,β-unsaturated/α-hetero) is 1. The first-order chi connectivity index (χ1) is 9.93. The first kappa shape index (κ1) is 16.0. The van der Waals surface area contributed by atoms with Crippen molar-refractivity contribution in [1.29, 1.82) is 0 Å². The molecule has 0 spiro atoms. The fraction of sp³-hybridized carbons (Fsp3) is 0.562. The van der Waals surface area contributed by atoms with E-state index in [2.05, 4.69) is 23.6 Å². The van der Waals surface area contributed by atoms with Crippen LogP contribution in [0.4, 0.5) is 8.78 Å². The fourth-order valence-electron chi connectivity index (χ4n) is 2.93. The average molecular weight is 296 g/mol. The van der Waals surface area contributed by atoms with E-state index in [1.165, 1.54) is 6.07 Å². The molecule has 0 aromatic heterocycles. The molecule has 1 aliphatic rings. The van der Waals surface area contributed by atoms with E-state index >= 15 is 0 Å². The summed E-state index contributed by atoms with van der Waals surface area (Å²) in [6, 6.07) is 3.09. The average Bonchev–Trinajstić information content (AvgIpc) is 2.45. The second-order valence-electron chi connectivity index (χ2n) is 5.64. The topological polar surface area (TPSA) is 23.6 Å². The lowest BCUT2D eigenvalue weighted by molar-refractivity contribution is 0.0531. The third kappa shape index (κ3) is 3.47.